The van der Waals surface area contributed by atoms with Gasteiger partial charge in [0.25, 0.3) is 11.5 Å². The topological polar surface area (TPSA) is 99.5 Å². The van der Waals surface area contributed by atoms with Gasteiger partial charge in [0.1, 0.15) is 22.8 Å². The lowest BCUT2D eigenvalue weighted by Gasteiger charge is -2.27. The summed E-state index contributed by atoms with van der Waals surface area (Å²) in [5.41, 5.74) is 1.09. The second-order valence-electron chi connectivity index (χ2n) is 8.29. The number of halogens is 1. The third-order valence-corrected chi connectivity index (χ3v) is 6.04. The van der Waals surface area contributed by atoms with Crippen LogP contribution in [-0.2, 0) is 6.54 Å². The number of allylic oxidation sites excluding steroid dienone is 1. The molecule has 0 spiro atoms. The average Bonchev–Trinajstić information content (AvgIpc) is 2.85. The first kappa shape index (κ1) is 23.6. The Bertz CT molecular complexity index is 1280. The third kappa shape index (κ3) is 4.85. The van der Waals surface area contributed by atoms with Crippen LogP contribution in [0.15, 0.2) is 53.6 Å². The third-order valence-electron chi connectivity index (χ3n) is 6.04. The molecule has 34 heavy (non-hydrogen) atoms. The summed E-state index contributed by atoms with van der Waals surface area (Å²) in [7, 11) is 0. The first-order valence-corrected chi connectivity index (χ1v) is 11.3. The molecule has 0 radical (unpaired) electrons. The van der Waals surface area contributed by atoms with Gasteiger partial charge in [-0.3, -0.25) is 19.1 Å². The summed E-state index contributed by atoms with van der Waals surface area (Å²) in [5, 5.41) is 17.2. The Kier molecular flexibility index (Phi) is 7.04. The van der Waals surface area contributed by atoms with E-state index >= 15 is 0 Å². The van der Waals surface area contributed by atoms with Gasteiger partial charge in [0.2, 0.25) is 0 Å². The maximum absolute atomic E-state index is 13.4. The number of nitrogens with zero attached hydrogens (tertiary/aromatic N) is 3. The molecule has 1 aliphatic rings. The predicted molar refractivity (Wildman–Crippen MR) is 129 cm³/mol. The van der Waals surface area contributed by atoms with E-state index in [1.165, 1.54) is 16.7 Å². The molecule has 3 heterocycles. The second-order valence-corrected chi connectivity index (χ2v) is 8.29. The molecule has 3 aromatic rings. The lowest BCUT2D eigenvalue weighted by Crippen LogP contribution is -2.45. The number of carbonyl (C=O) groups excluding carboxylic acids is 1. The van der Waals surface area contributed by atoms with Crippen molar-refractivity contribution in [2.45, 2.75) is 19.9 Å². The van der Waals surface area contributed by atoms with Crippen LogP contribution in [0.1, 0.15) is 23.7 Å². The largest absolute Gasteiger partial charge is 0.506 e. The summed E-state index contributed by atoms with van der Waals surface area (Å²) < 4.78 is 14.8. The fourth-order valence-corrected chi connectivity index (χ4v) is 4.01. The van der Waals surface area contributed by atoms with Gasteiger partial charge in [-0.25, -0.2) is 9.37 Å². The van der Waals surface area contributed by atoms with Gasteiger partial charge in [0.05, 0.1) is 5.39 Å². The van der Waals surface area contributed by atoms with Crippen LogP contribution in [0.4, 0.5) is 4.39 Å². The molecule has 0 atom stereocenters. The van der Waals surface area contributed by atoms with Crippen LogP contribution >= 0.6 is 0 Å². The maximum atomic E-state index is 13.4. The molecule has 0 bridgehead atoms. The van der Waals surface area contributed by atoms with Crippen LogP contribution in [0.2, 0.25) is 0 Å². The second kappa shape index (κ2) is 10.1. The molecule has 1 aliphatic heterocycles. The Morgan fingerprint density at radius 2 is 1.91 bits per heavy atom. The monoisotopic (exact) mass is 465 g/mol. The minimum absolute atomic E-state index is 0.272. The molecule has 0 unspecified atom stereocenters. The van der Waals surface area contributed by atoms with Crippen molar-refractivity contribution in [1.82, 2.24) is 25.1 Å². The van der Waals surface area contributed by atoms with E-state index in [1.54, 1.807) is 24.4 Å². The summed E-state index contributed by atoms with van der Waals surface area (Å²) in [4.78, 5) is 33.0. The number of aromatic hydroxyl groups is 1. The van der Waals surface area contributed by atoms with Crippen molar-refractivity contribution in [1.29, 1.82) is 0 Å². The Morgan fingerprint density at radius 1 is 1.21 bits per heavy atom. The highest BCUT2D eigenvalue weighted by atomic mass is 19.1. The first-order chi connectivity index (χ1) is 16.4. The number of pyridine rings is 2. The number of hydrogen-bond donors (Lipinski definition) is 3. The number of fused-ring (bicyclic) bond motifs is 1. The van der Waals surface area contributed by atoms with E-state index in [9.17, 15) is 19.1 Å². The molecule has 4 rings (SSSR count). The van der Waals surface area contributed by atoms with Gasteiger partial charge >= 0.3 is 0 Å². The van der Waals surface area contributed by atoms with E-state index < -0.39 is 17.2 Å². The van der Waals surface area contributed by atoms with Gasteiger partial charge < -0.3 is 15.7 Å². The Morgan fingerprint density at radius 3 is 2.59 bits per heavy atom. The van der Waals surface area contributed by atoms with Gasteiger partial charge in [0, 0.05) is 56.7 Å². The minimum Gasteiger partial charge on any atom is -0.506 e. The van der Waals surface area contributed by atoms with E-state index in [-0.39, 0.29) is 22.4 Å². The van der Waals surface area contributed by atoms with Crippen LogP contribution in [0, 0.1) is 5.82 Å². The number of piperazine rings is 1. The minimum atomic E-state index is -0.709. The van der Waals surface area contributed by atoms with Gasteiger partial charge in [-0.2, -0.15) is 0 Å². The SMILES string of the molecule is C=C(CC)NC(=O)c1c(O)c2cc(-c3ccc(F)cc3)cnc2n(CCN2CCNCC2)c1=O. The van der Waals surface area contributed by atoms with Crippen LogP contribution in [0.3, 0.4) is 0 Å². The molecule has 2 aromatic heterocycles. The van der Waals surface area contributed by atoms with E-state index in [0.29, 0.717) is 36.3 Å². The fourth-order valence-electron chi connectivity index (χ4n) is 4.01. The normalized spacial score (nSPS) is 14.3. The van der Waals surface area contributed by atoms with Crippen LogP contribution in [0.5, 0.6) is 5.75 Å². The zero-order valence-electron chi connectivity index (χ0n) is 19.1. The quantitative estimate of drug-likeness (QED) is 0.496. The first-order valence-electron chi connectivity index (χ1n) is 11.3. The van der Waals surface area contributed by atoms with Gasteiger partial charge in [0.15, 0.2) is 0 Å². The summed E-state index contributed by atoms with van der Waals surface area (Å²) in [6.45, 7) is 9.97. The predicted octanol–water partition coefficient (Wildman–Crippen LogP) is 2.47. The van der Waals surface area contributed by atoms with Gasteiger partial charge in [-0.1, -0.05) is 25.6 Å². The number of nitrogens with one attached hydrogen (secondary N) is 2. The highest BCUT2D eigenvalue weighted by Crippen LogP contribution is 2.30. The number of aromatic nitrogens is 2. The zero-order valence-corrected chi connectivity index (χ0v) is 19.1. The molecule has 1 amide bonds. The Hall–Kier alpha value is -3.56. The van der Waals surface area contributed by atoms with Gasteiger partial charge in [-0.05, 0) is 30.2 Å². The molecular formula is C25H28FN5O3. The molecule has 0 saturated carbocycles. The fraction of sp³-hybridized carbons (Fsp3) is 0.320. The number of carbonyl (C=O) groups is 1. The molecule has 1 saturated heterocycles. The zero-order chi connectivity index (χ0) is 24.2. The van der Waals surface area contributed by atoms with Crippen molar-refractivity contribution in [3.8, 4) is 16.9 Å². The van der Waals surface area contributed by atoms with Crippen molar-refractivity contribution in [3.05, 3.63) is 70.5 Å². The molecule has 8 nitrogen and oxygen atoms in total. The summed E-state index contributed by atoms with van der Waals surface area (Å²) in [6, 6.07) is 7.55. The van der Waals surface area contributed by atoms with Crippen molar-refractivity contribution < 1.29 is 14.3 Å². The Balaban J connectivity index is 1.83. The van der Waals surface area contributed by atoms with E-state index in [4.69, 9.17) is 0 Å². The molecule has 178 valence electrons. The average molecular weight is 466 g/mol. The molecule has 1 fully saturated rings. The Labute approximate surface area is 196 Å². The van der Waals surface area contributed by atoms with Crippen molar-refractivity contribution in [3.63, 3.8) is 0 Å². The van der Waals surface area contributed by atoms with E-state index in [1.807, 2.05) is 6.92 Å². The van der Waals surface area contributed by atoms with Crippen molar-refractivity contribution >= 4 is 16.9 Å². The summed E-state index contributed by atoms with van der Waals surface area (Å²) >= 11 is 0. The molecule has 9 heteroatoms. The van der Waals surface area contributed by atoms with Gasteiger partial charge in [-0.15, -0.1) is 0 Å². The van der Waals surface area contributed by atoms with E-state index in [2.05, 4.69) is 27.1 Å². The smallest absolute Gasteiger partial charge is 0.268 e. The van der Waals surface area contributed by atoms with Crippen molar-refractivity contribution in [2.75, 3.05) is 32.7 Å². The van der Waals surface area contributed by atoms with Crippen LogP contribution in [-0.4, -0.2) is 58.2 Å². The number of amides is 1. The number of benzene rings is 1. The molecule has 1 aromatic carbocycles. The number of hydrogen-bond acceptors (Lipinski definition) is 6. The maximum Gasteiger partial charge on any atom is 0.268 e. The van der Waals surface area contributed by atoms with E-state index in [0.717, 1.165) is 26.2 Å². The molecule has 3 N–H and O–H groups in total. The lowest BCUT2D eigenvalue weighted by atomic mass is 10.0. The highest BCUT2D eigenvalue weighted by Gasteiger charge is 2.24. The molecular weight excluding hydrogens is 437 g/mol. The summed E-state index contributed by atoms with van der Waals surface area (Å²) in [6.07, 6.45) is 2.07. The van der Waals surface area contributed by atoms with Crippen molar-refractivity contribution in [2.24, 2.45) is 0 Å². The molecule has 0 aliphatic carbocycles. The highest BCUT2D eigenvalue weighted by molar-refractivity contribution is 6.02. The number of rotatable bonds is 7. The van der Waals surface area contributed by atoms with Crippen LogP contribution < -0.4 is 16.2 Å². The summed E-state index contributed by atoms with van der Waals surface area (Å²) in [5.74, 6) is -1.51. The lowest BCUT2D eigenvalue weighted by molar-refractivity contribution is 0.0960. The van der Waals surface area contributed by atoms with Crippen LogP contribution in [0.25, 0.3) is 22.2 Å². The standard InChI is InChI=1S/C25H28FN5O3/c1-3-16(2)29-24(33)21-22(32)20-14-18(17-4-6-19(26)7-5-17)15-28-23(20)31(25(21)34)13-12-30-10-8-27-9-11-30/h4-7,14-15,27,32H,2-3,8-13H2,1H3,(H,29,33).